The van der Waals surface area contributed by atoms with Gasteiger partial charge in [0.2, 0.25) is 0 Å². The lowest BCUT2D eigenvalue weighted by Crippen LogP contribution is -2.32. The van der Waals surface area contributed by atoms with Gasteiger partial charge in [0.1, 0.15) is 0 Å². The first-order valence-electron chi connectivity index (χ1n) is 4.39. The van der Waals surface area contributed by atoms with Gasteiger partial charge in [-0.25, -0.2) is 4.98 Å². The van der Waals surface area contributed by atoms with Crippen molar-refractivity contribution >= 4 is 21.7 Å². The number of hydrogen-bond acceptors (Lipinski definition) is 3. The SMILES string of the molecule is CC(Br)CN(C)c1nccn(C)c1=O. The molecule has 0 fully saturated rings. The first kappa shape index (κ1) is 11.2. The lowest BCUT2D eigenvalue weighted by Gasteiger charge is -2.18. The normalized spacial score (nSPS) is 12.6. The molecule has 1 aromatic rings. The zero-order valence-electron chi connectivity index (χ0n) is 8.57. The highest BCUT2D eigenvalue weighted by molar-refractivity contribution is 9.09. The molecule has 4 nitrogen and oxygen atoms in total. The van der Waals surface area contributed by atoms with Crippen LogP contribution < -0.4 is 10.5 Å². The van der Waals surface area contributed by atoms with Crippen molar-refractivity contribution in [3.8, 4) is 0 Å². The highest BCUT2D eigenvalue weighted by atomic mass is 79.9. The Morgan fingerprint density at radius 2 is 2.36 bits per heavy atom. The first-order valence-corrected chi connectivity index (χ1v) is 5.30. The van der Waals surface area contributed by atoms with Gasteiger partial charge >= 0.3 is 0 Å². The average Bonchev–Trinajstić information content (AvgIpc) is 2.08. The third-order valence-electron chi connectivity index (χ3n) is 1.89. The molecule has 0 aromatic carbocycles. The fourth-order valence-corrected chi connectivity index (χ4v) is 1.64. The van der Waals surface area contributed by atoms with Gasteiger partial charge in [-0.15, -0.1) is 0 Å². The Labute approximate surface area is 91.7 Å². The molecule has 1 atom stereocenters. The van der Waals surface area contributed by atoms with E-state index in [4.69, 9.17) is 0 Å². The number of halogens is 1. The van der Waals surface area contributed by atoms with E-state index in [1.807, 2.05) is 18.9 Å². The van der Waals surface area contributed by atoms with Crippen LogP contribution in [0.3, 0.4) is 0 Å². The van der Waals surface area contributed by atoms with E-state index in [-0.39, 0.29) is 5.56 Å². The summed E-state index contributed by atoms with van der Waals surface area (Å²) in [4.78, 5) is 17.9. The molecule has 0 bridgehead atoms. The summed E-state index contributed by atoms with van der Waals surface area (Å²) in [5.41, 5.74) is -0.0665. The lowest BCUT2D eigenvalue weighted by atomic mass is 10.4. The van der Waals surface area contributed by atoms with Gasteiger partial charge in [0, 0.05) is 37.9 Å². The highest BCUT2D eigenvalue weighted by Crippen LogP contribution is 2.05. The summed E-state index contributed by atoms with van der Waals surface area (Å²) in [5.74, 6) is 0.487. The van der Waals surface area contributed by atoms with E-state index >= 15 is 0 Å². The first-order chi connectivity index (χ1) is 6.52. The number of aryl methyl sites for hydroxylation is 1. The largest absolute Gasteiger partial charge is 0.354 e. The number of alkyl halides is 1. The molecular weight excluding hydrogens is 246 g/mol. The van der Waals surface area contributed by atoms with Crippen LogP contribution in [-0.2, 0) is 7.05 Å². The highest BCUT2D eigenvalue weighted by Gasteiger charge is 2.09. The molecule has 14 heavy (non-hydrogen) atoms. The molecule has 0 saturated heterocycles. The predicted molar refractivity (Wildman–Crippen MR) is 61.1 cm³/mol. The van der Waals surface area contributed by atoms with E-state index in [0.29, 0.717) is 10.6 Å². The summed E-state index contributed by atoms with van der Waals surface area (Å²) in [6.45, 7) is 2.79. The Balaban J connectivity index is 2.96. The summed E-state index contributed by atoms with van der Waals surface area (Å²) in [6.07, 6.45) is 3.28. The molecule has 0 aliphatic carbocycles. The second kappa shape index (κ2) is 4.59. The van der Waals surface area contributed by atoms with Crippen molar-refractivity contribution in [3.63, 3.8) is 0 Å². The van der Waals surface area contributed by atoms with Crippen LogP contribution in [0.4, 0.5) is 5.82 Å². The molecule has 0 N–H and O–H groups in total. The van der Waals surface area contributed by atoms with Crippen molar-refractivity contribution in [2.24, 2.45) is 7.05 Å². The average molecular weight is 260 g/mol. The van der Waals surface area contributed by atoms with Crippen LogP contribution in [0.5, 0.6) is 0 Å². The van der Waals surface area contributed by atoms with Gasteiger partial charge in [-0.1, -0.05) is 22.9 Å². The molecule has 0 radical (unpaired) electrons. The second-order valence-electron chi connectivity index (χ2n) is 3.33. The molecule has 5 heteroatoms. The van der Waals surface area contributed by atoms with Crippen LogP contribution in [0.2, 0.25) is 0 Å². The summed E-state index contributed by atoms with van der Waals surface area (Å²) in [7, 11) is 3.58. The van der Waals surface area contributed by atoms with Crippen molar-refractivity contribution in [1.82, 2.24) is 9.55 Å². The molecule has 1 aromatic heterocycles. The van der Waals surface area contributed by atoms with Gasteiger partial charge in [-0.3, -0.25) is 4.79 Å². The van der Waals surface area contributed by atoms with Crippen LogP contribution >= 0.6 is 15.9 Å². The Hall–Kier alpha value is -0.840. The van der Waals surface area contributed by atoms with Crippen LogP contribution in [-0.4, -0.2) is 28.0 Å². The van der Waals surface area contributed by atoms with Gasteiger partial charge < -0.3 is 9.47 Å². The second-order valence-corrected chi connectivity index (χ2v) is 4.89. The maximum absolute atomic E-state index is 11.6. The minimum absolute atomic E-state index is 0.0665. The molecule has 0 amide bonds. The zero-order valence-corrected chi connectivity index (χ0v) is 10.2. The van der Waals surface area contributed by atoms with Crippen LogP contribution in [0.25, 0.3) is 0 Å². The molecule has 0 spiro atoms. The van der Waals surface area contributed by atoms with E-state index in [1.54, 1.807) is 19.4 Å². The maximum Gasteiger partial charge on any atom is 0.293 e. The number of rotatable bonds is 3. The van der Waals surface area contributed by atoms with Crippen molar-refractivity contribution in [2.45, 2.75) is 11.8 Å². The Morgan fingerprint density at radius 1 is 1.71 bits per heavy atom. The van der Waals surface area contributed by atoms with Crippen molar-refractivity contribution in [2.75, 3.05) is 18.5 Å². The standard InChI is InChI=1S/C9H14BrN3O/c1-7(10)6-13(3)8-9(14)12(2)5-4-11-8/h4-5,7H,6H2,1-3H3. The molecule has 1 heterocycles. The van der Waals surface area contributed by atoms with E-state index < -0.39 is 0 Å². The molecule has 78 valence electrons. The molecule has 1 rings (SSSR count). The number of nitrogens with zero attached hydrogens (tertiary/aromatic N) is 3. The fraction of sp³-hybridized carbons (Fsp3) is 0.556. The molecule has 1 unspecified atom stereocenters. The number of anilines is 1. The monoisotopic (exact) mass is 259 g/mol. The van der Waals surface area contributed by atoms with E-state index in [2.05, 4.69) is 20.9 Å². The summed E-state index contributed by atoms with van der Waals surface area (Å²) in [5, 5.41) is 0. The summed E-state index contributed by atoms with van der Waals surface area (Å²) < 4.78 is 1.53. The number of hydrogen-bond donors (Lipinski definition) is 0. The quantitative estimate of drug-likeness (QED) is 0.761. The minimum atomic E-state index is -0.0665. The van der Waals surface area contributed by atoms with Crippen molar-refractivity contribution < 1.29 is 0 Å². The van der Waals surface area contributed by atoms with E-state index in [0.717, 1.165) is 6.54 Å². The van der Waals surface area contributed by atoms with E-state index in [9.17, 15) is 4.79 Å². The molecule has 0 aliphatic rings. The number of aromatic nitrogens is 2. The third kappa shape index (κ3) is 2.57. The minimum Gasteiger partial charge on any atom is -0.354 e. The lowest BCUT2D eigenvalue weighted by molar-refractivity contribution is 0.794. The Morgan fingerprint density at radius 3 is 2.93 bits per heavy atom. The smallest absolute Gasteiger partial charge is 0.293 e. The summed E-state index contributed by atoms with van der Waals surface area (Å²) >= 11 is 3.44. The topological polar surface area (TPSA) is 38.1 Å². The third-order valence-corrected chi connectivity index (χ3v) is 2.18. The van der Waals surface area contributed by atoms with Gasteiger partial charge in [-0.05, 0) is 0 Å². The van der Waals surface area contributed by atoms with E-state index in [1.165, 1.54) is 4.57 Å². The van der Waals surface area contributed by atoms with Gasteiger partial charge in [0.15, 0.2) is 5.82 Å². The van der Waals surface area contributed by atoms with Crippen molar-refractivity contribution in [3.05, 3.63) is 22.7 Å². The van der Waals surface area contributed by atoms with Gasteiger partial charge in [0.05, 0.1) is 0 Å². The van der Waals surface area contributed by atoms with Gasteiger partial charge in [-0.2, -0.15) is 0 Å². The van der Waals surface area contributed by atoms with Crippen LogP contribution in [0.1, 0.15) is 6.92 Å². The predicted octanol–water partition coefficient (Wildman–Crippen LogP) is 1.000. The summed E-state index contributed by atoms with van der Waals surface area (Å²) in [6, 6.07) is 0. The Kier molecular flexibility index (Phi) is 3.69. The molecule has 0 aliphatic heterocycles. The fourth-order valence-electron chi connectivity index (χ4n) is 1.21. The van der Waals surface area contributed by atoms with Gasteiger partial charge in [0.25, 0.3) is 5.56 Å². The molecule has 0 saturated carbocycles. The zero-order chi connectivity index (χ0) is 10.7. The van der Waals surface area contributed by atoms with Crippen molar-refractivity contribution in [1.29, 1.82) is 0 Å². The molecular formula is C9H14BrN3O. The van der Waals surface area contributed by atoms with Crippen LogP contribution in [0, 0.1) is 0 Å². The van der Waals surface area contributed by atoms with Crippen LogP contribution in [0.15, 0.2) is 17.2 Å². The maximum atomic E-state index is 11.6. The Bertz CT molecular complexity index is 361.